The average Bonchev–Trinajstić information content (AvgIpc) is 2.71. The van der Waals surface area contributed by atoms with Gasteiger partial charge in [-0.25, -0.2) is 9.37 Å². The van der Waals surface area contributed by atoms with E-state index in [-0.39, 0.29) is 23.7 Å². The Bertz CT molecular complexity index is 865. The van der Waals surface area contributed by atoms with E-state index >= 15 is 0 Å². The topological polar surface area (TPSA) is 67.7 Å². The summed E-state index contributed by atoms with van der Waals surface area (Å²) in [6.07, 6.45) is 4.55. The van der Waals surface area contributed by atoms with E-state index in [1.807, 2.05) is 26.0 Å². The van der Waals surface area contributed by atoms with E-state index in [1.165, 1.54) is 6.07 Å². The van der Waals surface area contributed by atoms with Gasteiger partial charge < -0.3 is 14.6 Å². The Kier molecular flexibility index (Phi) is 6.20. The second-order valence-electron chi connectivity index (χ2n) is 8.17. The zero-order valence-electron chi connectivity index (χ0n) is 17.7. The van der Waals surface area contributed by atoms with Crippen LogP contribution in [0, 0.1) is 17.7 Å². The highest BCUT2D eigenvalue weighted by Gasteiger charge is 2.53. The molecular weight excluding hydrogens is 385 g/mol. The van der Waals surface area contributed by atoms with Gasteiger partial charge in [0, 0.05) is 43.2 Å². The van der Waals surface area contributed by atoms with Crippen molar-refractivity contribution < 1.29 is 19.0 Å². The van der Waals surface area contributed by atoms with E-state index in [9.17, 15) is 9.50 Å². The normalized spacial score (nSPS) is 26.4. The fourth-order valence-electron chi connectivity index (χ4n) is 5.05. The molecule has 0 amide bonds. The van der Waals surface area contributed by atoms with Crippen LogP contribution in [0.5, 0.6) is 11.9 Å². The number of ether oxygens (including phenoxy) is 2. The van der Waals surface area contributed by atoms with Gasteiger partial charge in [0.1, 0.15) is 11.4 Å². The molecule has 0 radical (unpaired) electrons. The first-order chi connectivity index (χ1) is 14.6. The van der Waals surface area contributed by atoms with Crippen LogP contribution in [-0.4, -0.2) is 46.3 Å². The lowest BCUT2D eigenvalue weighted by molar-refractivity contribution is -0.150. The SMILES string of the molecule is CCOc1ncc(C2(O)[C@@H]3CCC[C@@H]2CN(Cc2ccccc2F)C3)c(OCC)n1. The maximum atomic E-state index is 14.2. The molecule has 2 aliphatic rings. The van der Waals surface area contributed by atoms with Crippen LogP contribution in [0.25, 0.3) is 0 Å². The van der Waals surface area contributed by atoms with Crippen LogP contribution in [0.2, 0.25) is 0 Å². The van der Waals surface area contributed by atoms with E-state index < -0.39 is 5.60 Å². The third kappa shape index (κ3) is 3.88. The molecule has 2 bridgehead atoms. The van der Waals surface area contributed by atoms with Crippen LogP contribution >= 0.6 is 0 Å². The van der Waals surface area contributed by atoms with Gasteiger partial charge in [-0.15, -0.1) is 0 Å². The minimum atomic E-state index is -1.06. The van der Waals surface area contributed by atoms with Crippen molar-refractivity contribution in [3.05, 3.63) is 47.4 Å². The number of halogens is 1. The zero-order valence-corrected chi connectivity index (χ0v) is 17.7. The van der Waals surface area contributed by atoms with Crippen LogP contribution in [-0.2, 0) is 12.1 Å². The van der Waals surface area contributed by atoms with Crippen LogP contribution in [0.4, 0.5) is 4.39 Å². The molecule has 6 nitrogen and oxygen atoms in total. The second-order valence-corrected chi connectivity index (χ2v) is 8.17. The van der Waals surface area contributed by atoms with Gasteiger partial charge in [0.25, 0.3) is 0 Å². The lowest BCUT2D eigenvalue weighted by Gasteiger charge is -2.53. The van der Waals surface area contributed by atoms with Crippen molar-refractivity contribution in [2.75, 3.05) is 26.3 Å². The van der Waals surface area contributed by atoms with E-state index in [0.717, 1.165) is 19.3 Å². The number of aromatic nitrogens is 2. The maximum Gasteiger partial charge on any atom is 0.319 e. The molecular formula is C23H30FN3O3. The second kappa shape index (κ2) is 8.86. The standard InChI is InChI=1S/C23H30FN3O3/c1-3-29-21-19(12-25-22(26-21)30-4-2)23(28)17-9-7-10-18(23)15-27(14-17)13-16-8-5-6-11-20(16)24/h5-6,8,11-12,17-18,28H,3-4,7,9-10,13-15H2,1-2H3/t17-,18-/m1/s1. The third-order valence-corrected chi connectivity index (χ3v) is 6.38. The summed E-state index contributed by atoms with van der Waals surface area (Å²) in [5, 5.41) is 12.0. The average molecular weight is 416 g/mol. The molecule has 7 heteroatoms. The van der Waals surface area contributed by atoms with E-state index in [1.54, 1.807) is 12.3 Å². The Morgan fingerprint density at radius 2 is 1.83 bits per heavy atom. The van der Waals surface area contributed by atoms with Crippen molar-refractivity contribution in [3.8, 4) is 11.9 Å². The first-order valence-corrected chi connectivity index (χ1v) is 10.9. The number of fused-ring (bicyclic) bond motifs is 2. The molecule has 1 saturated carbocycles. The lowest BCUT2D eigenvalue weighted by Crippen LogP contribution is -2.58. The van der Waals surface area contributed by atoms with Crippen LogP contribution < -0.4 is 9.47 Å². The highest BCUT2D eigenvalue weighted by molar-refractivity contribution is 5.34. The molecule has 30 heavy (non-hydrogen) atoms. The van der Waals surface area contributed by atoms with Gasteiger partial charge in [-0.3, -0.25) is 4.90 Å². The summed E-state index contributed by atoms with van der Waals surface area (Å²) >= 11 is 0. The molecule has 1 aliphatic heterocycles. The molecule has 1 saturated heterocycles. The highest BCUT2D eigenvalue weighted by atomic mass is 19.1. The summed E-state index contributed by atoms with van der Waals surface area (Å²) in [5.74, 6) is 0.245. The number of rotatable bonds is 7. The molecule has 2 fully saturated rings. The van der Waals surface area contributed by atoms with Crippen molar-refractivity contribution in [1.82, 2.24) is 14.9 Å². The van der Waals surface area contributed by atoms with Crippen molar-refractivity contribution in [1.29, 1.82) is 0 Å². The molecule has 4 rings (SSSR count). The molecule has 2 heterocycles. The summed E-state index contributed by atoms with van der Waals surface area (Å²) in [6, 6.07) is 7.17. The van der Waals surface area contributed by atoms with Crippen LogP contribution in [0.3, 0.4) is 0 Å². The van der Waals surface area contributed by atoms with E-state index in [0.29, 0.717) is 49.9 Å². The third-order valence-electron chi connectivity index (χ3n) is 6.38. The minimum Gasteiger partial charge on any atom is -0.478 e. The Labute approximate surface area is 177 Å². The van der Waals surface area contributed by atoms with Crippen molar-refractivity contribution in [2.45, 2.75) is 45.3 Å². The first kappa shape index (κ1) is 21.0. The Balaban J connectivity index is 1.62. The number of piperidine rings is 1. The number of hydrogen-bond acceptors (Lipinski definition) is 6. The molecule has 2 atom stereocenters. The molecule has 0 unspecified atom stereocenters. The fraction of sp³-hybridized carbons (Fsp3) is 0.565. The van der Waals surface area contributed by atoms with Crippen molar-refractivity contribution >= 4 is 0 Å². The predicted molar refractivity (Wildman–Crippen MR) is 111 cm³/mol. The Morgan fingerprint density at radius 1 is 1.13 bits per heavy atom. The quantitative estimate of drug-likeness (QED) is 0.746. The highest BCUT2D eigenvalue weighted by Crippen LogP contribution is 2.51. The number of hydrogen-bond donors (Lipinski definition) is 1. The maximum absolute atomic E-state index is 14.2. The predicted octanol–water partition coefficient (Wildman–Crippen LogP) is 3.53. The van der Waals surface area contributed by atoms with Gasteiger partial charge in [0.2, 0.25) is 5.88 Å². The lowest BCUT2D eigenvalue weighted by atomic mass is 9.63. The number of aliphatic hydroxyl groups is 1. The number of nitrogens with zero attached hydrogens (tertiary/aromatic N) is 3. The van der Waals surface area contributed by atoms with Gasteiger partial charge in [-0.05, 0) is 32.8 Å². The summed E-state index contributed by atoms with van der Waals surface area (Å²) < 4.78 is 25.4. The number of likely N-dealkylation sites (tertiary alicyclic amines) is 1. The molecule has 0 spiro atoms. The van der Waals surface area contributed by atoms with Crippen LogP contribution in [0.1, 0.15) is 44.2 Å². The molecule has 1 aliphatic carbocycles. The zero-order chi connectivity index (χ0) is 21.1. The minimum absolute atomic E-state index is 0.0116. The van der Waals surface area contributed by atoms with Gasteiger partial charge in [0.15, 0.2) is 0 Å². The molecule has 2 aromatic rings. The van der Waals surface area contributed by atoms with Gasteiger partial charge in [-0.1, -0.05) is 24.6 Å². The monoisotopic (exact) mass is 415 g/mol. The first-order valence-electron chi connectivity index (χ1n) is 10.9. The molecule has 1 aromatic heterocycles. The van der Waals surface area contributed by atoms with E-state index in [2.05, 4.69) is 14.9 Å². The number of benzene rings is 1. The molecule has 1 N–H and O–H groups in total. The molecule has 162 valence electrons. The fourth-order valence-corrected chi connectivity index (χ4v) is 5.05. The molecule has 1 aromatic carbocycles. The Morgan fingerprint density at radius 3 is 2.50 bits per heavy atom. The van der Waals surface area contributed by atoms with Gasteiger partial charge in [0.05, 0.1) is 18.8 Å². The summed E-state index contributed by atoms with van der Waals surface area (Å²) in [5.41, 5.74) is 0.285. The summed E-state index contributed by atoms with van der Waals surface area (Å²) in [4.78, 5) is 11.0. The smallest absolute Gasteiger partial charge is 0.319 e. The van der Waals surface area contributed by atoms with Crippen LogP contribution in [0.15, 0.2) is 30.5 Å². The largest absolute Gasteiger partial charge is 0.478 e. The summed E-state index contributed by atoms with van der Waals surface area (Å²) in [7, 11) is 0. The van der Waals surface area contributed by atoms with E-state index in [4.69, 9.17) is 9.47 Å². The summed E-state index contributed by atoms with van der Waals surface area (Å²) in [6.45, 7) is 6.62. The van der Waals surface area contributed by atoms with Crippen molar-refractivity contribution in [2.24, 2.45) is 11.8 Å². The van der Waals surface area contributed by atoms with Crippen molar-refractivity contribution in [3.63, 3.8) is 0 Å². The Hall–Kier alpha value is -2.25. The van der Waals surface area contributed by atoms with Gasteiger partial charge in [-0.2, -0.15) is 4.98 Å². The van der Waals surface area contributed by atoms with Gasteiger partial charge >= 0.3 is 6.01 Å².